The topological polar surface area (TPSA) is 125 Å². The van der Waals surface area contributed by atoms with Crippen LogP contribution in [0.4, 0.5) is 42.2 Å². The number of ether oxygens (including phenoxy) is 2. The summed E-state index contributed by atoms with van der Waals surface area (Å²) in [6.07, 6.45) is -6.08. The number of methoxy groups -OCH3 is 1. The van der Waals surface area contributed by atoms with E-state index in [2.05, 4.69) is 20.3 Å². The lowest BCUT2D eigenvalue weighted by atomic mass is 9.73. The number of nitrogen functional groups attached to an aromatic ring is 1. The van der Waals surface area contributed by atoms with Gasteiger partial charge in [-0.1, -0.05) is 13.8 Å². The quantitative estimate of drug-likeness (QED) is 0.234. The molecule has 17 heteroatoms. The highest BCUT2D eigenvalue weighted by Crippen LogP contribution is 2.46. The number of anilines is 2. The lowest BCUT2D eigenvalue weighted by Crippen LogP contribution is -2.52. The maximum Gasteiger partial charge on any atom is 0.419 e. The van der Waals surface area contributed by atoms with Crippen molar-refractivity contribution < 1.29 is 40.2 Å². The predicted molar refractivity (Wildman–Crippen MR) is 165 cm³/mol. The molecule has 1 aromatic carbocycles. The van der Waals surface area contributed by atoms with Gasteiger partial charge in [-0.25, -0.2) is 22.5 Å². The third-order valence-electron chi connectivity index (χ3n) is 9.88. The van der Waals surface area contributed by atoms with Crippen LogP contribution in [0.25, 0.3) is 22.2 Å². The molecule has 2 bridgehead atoms. The fourth-order valence-electron chi connectivity index (χ4n) is 7.44. The Labute approximate surface area is 277 Å². The van der Waals surface area contributed by atoms with Crippen LogP contribution in [-0.4, -0.2) is 84.8 Å². The molecule has 0 unspecified atom stereocenters. The second kappa shape index (κ2) is 12.9. The van der Waals surface area contributed by atoms with E-state index in [-0.39, 0.29) is 42.9 Å². The van der Waals surface area contributed by atoms with E-state index in [1.54, 1.807) is 6.92 Å². The van der Waals surface area contributed by atoms with E-state index in [9.17, 15) is 31.6 Å². The summed E-state index contributed by atoms with van der Waals surface area (Å²) in [4.78, 5) is 16.7. The molecule has 3 saturated heterocycles. The van der Waals surface area contributed by atoms with Crippen LogP contribution < -0.4 is 25.4 Å². The van der Waals surface area contributed by atoms with Gasteiger partial charge in [-0.15, -0.1) is 0 Å². The van der Waals surface area contributed by atoms with Gasteiger partial charge in [0.05, 0.1) is 25.0 Å². The Kier molecular flexibility index (Phi) is 9.16. The Morgan fingerprint density at radius 2 is 1.84 bits per heavy atom. The smallest absolute Gasteiger partial charge is 0.419 e. The van der Waals surface area contributed by atoms with Crippen molar-refractivity contribution in [1.82, 2.24) is 25.2 Å². The van der Waals surface area contributed by atoms with Crippen LogP contribution in [0.2, 0.25) is 0 Å². The van der Waals surface area contributed by atoms with Crippen molar-refractivity contribution in [2.75, 3.05) is 57.1 Å². The van der Waals surface area contributed by atoms with Crippen LogP contribution in [0.3, 0.4) is 0 Å². The third kappa shape index (κ3) is 6.24. The lowest BCUT2D eigenvalue weighted by Gasteiger charge is -2.45. The fourth-order valence-corrected chi connectivity index (χ4v) is 7.44. The number of likely N-dealkylation sites (tertiary alicyclic amines) is 1. The molecule has 6 rings (SSSR count). The van der Waals surface area contributed by atoms with Crippen molar-refractivity contribution >= 4 is 22.4 Å². The van der Waals surface area contributed by atoms with E-state index < -0.39 is 81.0 Å². The van der Waals surface area contributed by atoms with Crippen molar-refractivity contribution in [3.8, 4) is 29.2 Å². The number of pyridine rings is 1. The summed E-state index contributed by atoms with van der Waals surface area (Å²) in [7, 11) is 1.16. The zero-order valence-electron chi connectivity index (χ0n) is 27.0. The highest BCUT2D eigenvalue weighted by molar-refractivity contribution is 5.97. The number of fused-ring (bicyclic) bond motifs is 3. The van der Waals surface area contributed by atoms with Crippen LogP contribution in [0.15, 0.2) is 6.07 Å². The number of piperidine rings is 1. The van der Waals surface area contributed by atoms with Crippen LogP contribution >= 0.6 is 0 Å². The third-order valence-corrected chi connectivity index (χ3v) is 9.88. The molecule has 3 aliphatic heterocycles. The Hall–Kier alpha value is -4.17. The van der Waals surface area contributed by atoms with Crippen molar-refractivity contribution in [3.05, 3.63) is 28.8 Å². The highest BCUT2D eigenvalue weighted by atomic mass is 19.4. The maximum atomic E-state index is 16.8. The number of rotatable bonds is 8. The second-order valence-electron chi connectivity index (χ2n) is 13.1. The molecule has 3 fully saturated rings. The van der Waals surface area contributed by atoms with Gasteiger partial charge in [0, 0.05) is 48.6 Å². The first-order valence-electron chi connectivity index (χ1n) is 15.9. The van der Waals surface area contributed by atoms with Crippen LogP contribution in [0.1, 0.15) is 44.2 Å². The van der Waals surface area contributed by atoms with E-state index in [1.165, 1.54) is 6.07 Å². The van der Waals surface area contributed by atoms with Gasteiger partial charge in [0.1, 0.15) is 39.9 Å². The average Bonchev–Trinajstić information content (AvgIpc) is 3.39. The standard InChI is InChI=1S/C32H35F7N8O2/c1-4-46-8-7-18(27(35)36)31(2,13-46)14-49-30-44-26-22(28(45-30)47-11-15-5-6-16(12-47)42-15)29(48-3)43-25(24(26)34)21-17(10-40)20(41)9-19(33)23(21)32(37,38)39/h9,15-16,18,27,42H,4-8,11-14,41H2,1-3H3/t15-,16+,18-,31+/m1/s1. The van der Waals surface area contributed by atoms with E-state index in [1.807, 2.05) is 16.7 Å². The minimum Gasteiger partial charge on any atom is -0.480 e. The van der Waals surface area contributed by atoms with Crippen molar-refractivity contribution in [3.63, 3.8) is 0 Å². The molecule has 5 heterocycles. The van der Waals surface area contributed by atoms with Crippen molar-refractivity contribution in [1.29, 1.82) is 5.26 Å². The normalized spacial score (nSPS) is 24.4. The number of nitrogens with one attached hydrogen (secondary N) is 1. The minimum absolute atomic E-state index is 0.0620. The van der Waals surface area contributed by atoms with Gasteiger partial charge in [-0.3, -0.25) is 0 Å². The molecule has 0 aliphatic carbocycles. The molecule has 3 aromatic rings. The van der Waals surface area contributed by atoms with E-state index >= 15 is 4.39 Å². The minimum atomic E-state index is -5.39. The number of alkyl halides is 5. The van der Waals surface area contributed by atoms with Crippen LogP contribution in [-0.2, 0) is 6.18 Å². The van der Waals surface area contributed by atoms with Gasteiger partial charge >= 0.3 is 12.2 Å². The monoisotopic (exact) mass is 696 g/mol. The first-order chi connectivity index (χ1) is 23.2. The van der Waals surface area contributed by atoms with Gasteiger partial charge in [-0.05, 0) is 38.4 Å². The Morgan fingerprint density at radius 1 is 1.14 bits per heavy atom. The largest absolute Gasteiger partial charge is 0.480 e. The number of aromatic nitrogens is 3. The molecule has 0 saturated carbocycles. The molecule has 0 spiro atoms. The lowest BCUT2D eigenvalue weighted by molar-refractivity contribution is -0.139. The summed E-state index contributed by atoms with van der Waals surface area (Å²) in [5.74, 6) is -4.58. The number of hydrogen-bond donors (Lipinski definition) is 2. The summed E-state index contributed by atoms with van der Waals surface area (Å²) < 4.78 is 115. The highest BCUT2D eigenvalue weighted by Gasteiger charge is 2.46. The summed E-state index contributed by atoms with van der Waals surface area (Å²) in [6.45, 7) is 5.55. The molecule has 2 aromatic heterocycles. The average molecular weight is 697 g/mol. The number of nitrogens with zero attached hydrogens (tertiary/aromatic N) is 6. The zero-order chi connectivity index (χ0) is 35.4. The van der Waals surface area contributed by atoms with Crippen LogP contribution in [0.5, 0.6) is 11.9 Å². The summed E-state index contributed by atoms with van der Waals surface area (Å²) >= 11 is 0. The van der Waals surface area contributed by atoms with Gasteiger partial charge in [0.15, 0.2) is 5.82 Å². The summed E-state index contributed by atoms with van der Waals surface area (Å²) in [5, 5.41) is 13.2. The first kappa shape index (κ1) is 34.7. The number of benzene rings is 1. The molecule has 4 atom stereocenters. The van der Waals surface area contributed by atoms with Crippen molar-refractivity contribution in [2.24, 2.45) is 11.3 Å². The molecule has 0 amide bonds. The molecule has 264 valence electrons. The molecular weight excluding hydrogens is 661 g/mol. The maximum absolute atomic E-state index is 16.8. The van der Waals surface area contributed by atoms with E-state index in [0.29, 0.717) is 32.2 Å². The molecular formula is C32H35F7N8O2. The molecule has 10 nitrogen and oxygen atoms in total. The number of halogens is 7. The molecule has 49 heavy (non-hydrogen) atoms. The summed E-state index contributed by atoms with van der Waals surface area (Å²) in [5.41, 5.74) is -1.66. The number of hydrogen-bond acceptors (Lipinski definition) is 10. The van der Waals surface area contributed by atoms with E-state index in [4.69, 9.17) is 15.2 Å². The number of nitrogens with two attached hydrogens (primary N) is 1. The van der Waals surface area contributed by atoms with Crippen molar-refractivity contribution in [2.45, 2.75) is 57.8 Å². The number of nitriles is 1. The van der Waals surface area contributed by atoms with Gasteiger partial charge in [-0.2, -0.15) is 28.4 Å². The predicted octanol–water partition coefficient (Wildman–Crippen LogP) is 5.38. The van der Waals surface area contributed by atoms with Gasteiger partial charge in [0.25, 0.3) is 0 Å². The Bertz CT molecular complexity index is 1790. The van der Waals surface area contributed by atoms with Gasteiger partial charge in [0.2, 0.25) is 12.3 Å². The molecule has 3 N–H and O–H groups in total. The zero-order valence-corrected chi connectivity index (χ0v) is 27.0. The van der Waals surface area contributed by atoms with Gasteiger partial charge < -0.3 is 30.3 Å². The fraction of sp³-hybridized carbons (Fsp3) is 0.562. The Morgan fingerprint density at radius 3 is 2.43 bits per heavy atom. The summed E-state index contributed by atoms with van der Waals surface area (Å²) in [6, 6.07) is 1.56. The SMILES string of the molecule is CCN1CC[C@H](C(F)F)[C@](C)(COc2nc(N3C[C@H]4CC[C@@H](C3)N4)c3c(OC)nc(-c4c(C#N)c(N)cc(F)c4C(F)(F)F)c(F)c3n2)C1. The number of piperazine rings is 1. The van der Waals surface area contributed by atoms with E-state index in [0.717, 1.165) is 20.0 Å². The molecule has 0 radical (unpaired) electrons. The Balaban J connectivity index is 1.56. The van der Waals surface area contributed by atoms with Crippen LogP contribution in [0, 0.1) is 34.3 Å². The molecule has 3 aliphatic rings. The first-order valence-corrected chi connectivity index (χ1v) is 15.9. The second-order valence-corrected chi connectivity index (χ2v) is 13.1.